The van der Waals surface area contributed by atoms with Crippen molar-refractivity contribution in [2.24, 2.45) is 0 Å². The summed E-state index contributed by atoms with van der Waals surface area (Å²) in [5, 5.41) is 4.63. The summed E-state index contributed by atoms with van der Waals surface area (Å²) in [6, 6.07) is 40.7. The van der Waals surface area contributed by atoms with Gasteiger partial charge in [0.05, 0.1) is 36.5 Å². The summed E-state index contributed by atoms with van der Waals surface area (Å²) in [5.41, 5.74) is 8.33. The van der Waals surface area contributed by atoms with Gasteiger partial charge in [-0.1, -0.05) is 136 Å². The Labute approximate surface area is 302 Å². The fourth-order valence-corrected chi connectivity index (χ4v) is 15.6. The molecule has 0 bridgehead atoms. The van der Waals surface area contributed by atoms with Crippen LogP contribution < -0.4 is 0 Å². The molecule has 1 unspecified atom stereocenters. The Bertz CT molecular complexity index is 2930. The maximum Gasteiger partial charge on any atom is 0.209 e. The van der Waals surface area contributed by atoms with Crippen molar-refractivity contribution in [3.05, 3.63) is 121 Å². The fourth-order valence-electron chi connectivity index (χ4n) is 8.33. The highest BCUT2D eigenvalue weighted by atomic mass is 32.2. The Morgan fingerprint density at radius 2 is 0.980 bits per heavy atom. The Kier molecular flexibility index (Phi) is 6.97. The van der Waals surface area contributed by atoms with Gasteiger partial charge in [-0.15, -0.1) is 0 Å². The van der Waals surface area contributed by atoms with Crippen LogP contribution in [0.25, 0.3) is 65.9 Å². The third-order valence-electron chi connectivity index (χ3n) is 10.2. The smallest absolute Gasteiger partial charge is 0.209 e. The van der Waals surface area contributed by atoms with Crippen molar-refractivity contribution in [1.82, 2.24) is 8.47 Å². The predicted octanol–water partition coefficient (Wildman–Crippen LogP) is 10.9. The van der Waals surface area contributed by atoms with Gasteiger partial charge >= 0.3 is 0 Å². The maximum absolute atomic E-state index is 13.4. The number of hydrogen-bond donors (Lipinski definition) is 0. The lowest BCUT2D eigenvalue weighted by Crippen LogP contribution is -2.32. The molecule has 1 atom stereocenters. The molecule has 0 saturated heterocycles. The summed E-state index contributed by atoms with van der Waals surface area (Å²) in [4.78, 5) is 2.85. The van der Waals surface area contributed by atoms with Crippen LogP contribution in [0, 0.1) is 0 Å². The van der Waals surface area contributed by atoms with Crippen LogP contribution in [0.3, 0.4) is 0 Å². The van der Waals surface area contributed by atoms with Gasteiger partial charge in [-0.3, -0.25) is 0 Å². The third kappa shape index (κ3) is 4.54. The second-order valence-electron chi connectivity index (χ2n) is 15.5. The van der Waals surface area contributed by atoms with Crippen molar-refractivity contribution >= 4 is 80.7 Å². The van der Waals surface area contributed by atoms with Gasteiger partial charge in [-0.25, -0.2) is 12.6 Å². The van der Waals surface area contributed by atoms with Crippen molar-refractivity contribution in [2.75, 3.05) is 0 Å². The van der Waals surface area contributed by atoms with Gasteiger partial charge in [0, 0.05) is 49.3 Å². The molecule has 0 saturated carbocycles. The lowest BCUT2D eigenvalue weighted by atomic mass is 10.0. The van der Waals surface area contributed by atoms with E-state index in [1.165, 1.54) is 21.8 Å². The number of benzene rings is 6. The zero-order valence-corrected chi connectivity index (χ0v) is 33.1. The molecule has 2 aliphatic heterocycles. The SMILES string of the molecule is C[Si](C)(C)n1c2ccccc2c2ccc3c(c21)S(=O)(=O)c1ccccc1-3.C[Si](C)(C)n1c2ccccc2c2ccc3c(c21)S(=O)c1ccccc1-3. The Morgan fingerprint density at radius 1 is 0.490 bits per heavy atom. The first-order valence-electron chi connectivity index (χ1n) is 17.3. The molecule has 6 aromatic carbocycles. The first-order chi connectivity index (χ1) is 24.3. The monoisotopic (exact) mass is 738 g/mol. The van der Waals surface area contributed by atoms with Crippen molar-refractivity contribution in [2.45, 2.75) is 58.9 Å². The van der Waals surface area contributed by atoms with Crippen LogP contribution in [0.15, 0.2) is 141 Å². The number of hydrogen-bond acceptors (Lipinski definition) is 3. The minimum Gasteiger partial charge on any atom is -0.367 e. The van der Waals surface area contributed by atoms with E-state index in [1.807, 2.05) is 48.5 Å². The number of fused-ring (bicyclic) bond motifs is 14. The highest BCUT2D eigenvalue weighted by Crippen LogP contribution is 2.49. The van der Waals surface area contributed by atoms with Crippen molar-refractivity contribution in [1.29, 1.82) is 0 Å². The second kappa shape index (κ2) is 11.0. The van der Waals surface area contributed by atoms with E-state index in [0.29, 0.717) is 9.79 Å². The molecule has 0 N–H and O–H groups in total. The minimum atomic E-state index is -3.52. The molecule has 254 valence electrons. The fraction of sp³-hybridized carbons (Fsp3) is 0.143. The Balaban J connectivity index is 0.000000137. The number of aromatic nitrogens is 2. The quantitative estimate of drug-likeness (QED) is 0.166. The lowest BCUT2D eigenvalue weighted by Gasteiger charge is -2.23. The second-order valence-corrected chi connectivity index (χ2v) is 28.3. The van der Waals surface area contributed by atoms with Crippen LogP contribution in [0.2, 0.25) is 39.3 Å². The molecule has 51 heavy (non-hydrogen) atoms. The molecule has 9 heteroatoms. The molecule has 10 rings (SSSR count). The van der Waals surface area contributed by atoms with Crippen LogP contribution >= 0.6 is 0 Å². The first-order valence-corrected chi connectivity index (χ1v) is 26.8. The van der Waals surface area contributed by atoms with E-state index < -0.39 is 37.1 Å². The van der Waals surface area contributed by atoms with Gasteiger partial charge in [0.2, 0.25) is 9.84 Å². The predicted molar refractivity (Wildman–Crippen MR) is 217 cm³/mol. The normalized spacial score (nSPS) is 15.8. The zero-order valence-electron chi connectivity index (χ0n) is 29.5. The molecule has 2 aromatic heterocycles. The van der Waals surface area contributed by atoms with Gasteiger partial charge in [0.15, 0.2) is 16.5 Å². The summed E-state index contributed by atoms with van der Waals surface area (Å²) in [5.74, 6) is 0. The molecule has 0 radical (unpaired) electrons. The highest BCUT2D eigenvalue weighted by Gasteiger charge is 2.38. The van der Waals surface area contributed by atoms with Gasteiger partial charge in [0.25, 0.3) is 0 Å². The largest absolute Gasteiger partial charge is 0.367 e. The van der Waals surface area contributed by atoms with Gasteiger partial charge in [-0.2, -0.15) is 0 Å². The minimum absolute atomic E-state index is 0.426. The molecule has 4 heterocycles. The molecular weight excluding hydrogens is 701 g/mol. The number of rotatable bonds is 2. The molecule has 0 fully saturated rings. The van der Waals surface area contributed by atoms with Crippen molar-refractivity contribution in [3.63, 3.8) is 0 Å². The van der Waals surface area contributed by atoms with E-state index in [0.717, 1.165) is 53.9 Å². The molecule has 8 aromatic rings. The molecule has 0 aliphatic carbocycles. The van der Waals surface area contributed by atoms with Gasteiger partial charge in [-0.05, 0) is 29.8 Å². The molecule has 2 aliphatic rings. The van der Waals surface area contributed by atoms with Crippen LogP contribution in [-0.4, -0.2) is 37.6 Å². The molecule has 0 spiro atoms. The van der Waals surface area contributed by atoms with Crippen LogP contribution in [0.5, 0.6) is 0 Å². The standard InChI is InChI=1S/C21H19NO2SSi.C21H19NOSSi/c1-26(2,3)22-18-10-6-4-8-14(18)16-12-13-17-15-9-5-7-11-19(15)25(23,24)21(17)20(16)22;1-25(2,3)22-18-10-6-4-8-14(18)16-12-13-17-15-9-5-7-11-19(15)24(23)21(17)20(16)22/h4-13H,1-3H3;4-13H,1-3H3. The molecular formula is C42H38N2O3S2Si2. The van der Waals surface area contributed by atoms with Crippen molar-refractivity contribution in [3.8, 4) is 22.3 Å². The Hall–Kier alpha value is -4.55. The van der Waals surface area contributed by atoms with E-state index in [9.17, 15) is 12.6 Å². The average Bonchev–Trinajstić information content (AvgIpc) is 3.79. The lowest BCUT2D eigenvalue weighted by molar-refractivity contribution is 0.599. The topological polar surface area (TPSA) is 61.1 Å². The average molecular weight is 739 g/mol. The molecule has 0 amide bonds. The summed E-state index contributed by atoms with van der Waals surface area (Å²) in [7, 11) is -8.21. The maximum atomic E-state index is 13.4. The first kappa shape index (κ1) is 32.4. The van der Waals surface area contributed by atoms with Crippen LogP contribution in [0.1, 0.15) is 0 Å². The van der Waals surface area contributed by atoms with E-state index in [-0.39, 0.29) is 0 Å². The van der Waals surface area contributed by atoms with Gasteiger partial charge < -0.3 is 8.47 Å². The van der Waals surface area contributed by atoms with Crippen LogP contribution in [0.4, 0.5) is 0 Å². The molecule has 5 nitrogen and oxygen atoms in total. The zero-order chi connectivity index (χ0) is 35.6. The highest BCUT2D eigenvalue weighted by molar-refractivity contribution is 7.92. The number of nitrogens with zero attached hydrogens (tertiary/aromatic N) is 2. The third-order valence-corrected chi connectivity index (χ3v) is 17.3. The number of para-hydroxylation sites is 2. The summed E-state index contributed by atoms with van der Waals surface area (Å²) in [6.07, 6.45) is 0. The summed E-state index contributed by atoms with van der Waals surface area (Å²) < 4.78 is 45.1. The Morgan fingerprint density at radius 3 is 1.61 bits per heavy atom. The summed E-state index contributed by atoms with van der Waals surface area (Å²) >= 11 is 0. The van der Waals surface area contributed by atoms with E-state index in [4.69, 9.17) is 0 Å². The van der Waals surface area contributed by atoms with E-state index in [2.05, 4.69) is 108 Å². The number of sulfone groups is 1. The summed E-state index contributed by atoms with van der Waals surface area (Å²) in [6.45, 7) is 13.8. The van der Waals surface area contributed by atoms with Gasteiger partial charge in [0.1, 0.15) is 4.90 Å². The van der Waals surface area contributed by atoms with E-state index >= 15 is 0 Å². The van der Waals surface area contributed by atoms with Crippen molar-refractivity contribution < 1.29 is 12.6 Å². The van der Waals surface area contributed by atoms with E-state index in [1.54, 1.807) is 12.1 Å². The van der Waals surface area contributed by atoms with Crippen LogP contribution in [-0.2, 0) is 20.6 Å².